The smallest absolute Gasteiger partial charge is 0.230 e. The van der Waals surface area contributed by atoms with Crippen molar-refractivity contribution in [2.75, 3.05) is 11.9 Å². The zero-order chi connectivity index (χ0) is 20.4. The van der Waals surface area contributed by atoms with Gasteiger partial charge in [0, 0.05) is 28.5 Å². The number of imidazole rings is 1. The van der Waals surface area contributed by atoms with Crippen molar-refractivity contribution in [2.45, 2.75) is 27.2 Å². The summed E-state index contributed by atoms with van der Waals surface area (Å²) in [4.78, 5) is 18.2. The Morgan fingerprint density at radius 1 is 1.17 bits per heavy atom. The molecular weight excluding hydrogens is 382 g/mol. The second-order valence-electron chi connectivity index (χ2n) is 7.01. The van der Waals surface area contributed by atoms with Crippen LogP contribution in [0, 0.1) is 13.8 Å². The third kappa shape index (κ3) is 4.17. The number of thiazole rings is 1. The van der Waals surface area contributed by atoms with E-state index in [0.717, 1.165) is 38.9 Å². The molecule has 148 valence electrons. The highest BCUT2D eigenvalue weighted by molar-refractivity contribution is 7.15. The Balaban J connectivity index is 1.52. The normalized spacial score (nSPS) is 11.0. The molecule has 0 fully saturated rings. The Morgan fingerprint density at radius 2 is 1.97 bits per heavy atom. The number of hydrogen-bond acceptors (Lipinski definition) is 4. The van der Waals surface area contributed by atoms with Crippen LogP contribution in [0.15, 0.2) is 54.0 Å². The van der Waals surface area contributed by atoms with Crippen molar-refractivity contribution < 1.29 is 9.53 Å². The summed E-state index contributed by atoms with van der Waals surface area (Å²) >= 11 is 1.54. The molecule has 2 aromatic carbocycles. The van der Waals surface area contributed by atoms with Crippen LogP contribution in [0.5, 0.6) is 5.75 Å². The summed E-state index contributed by atoms with van der Waals surface area (Å²) in [6.07, 6.45) is 2.29. The molecule has 0 aliphatic carbocycles. The number of nitrogens with zero attached hydrogens (tertiary/aromatic N) is 2. The van der Waals surface area contributed by atoms with Gasteiger partial charge in [-0.3, -0.25) is 9.20 Å². The molecule has 29 heavy (non-hydrogen) atoms. The van der Waals surface area contributed by atoms with Crippen LogP contribution in [0.3, 0.4) is 0 Å². The van der Waals surface area contributed by atoms with Gasteiger partial charge in [0.2, 0.25) is 5.91 Å². The van der Waals surface area contributed by atoms with Crippen molar-refractivity contribution >= 4 is 27.9 Å². The number of amides is 1. The van der Waals surface area contributed by atoms with E-state index in [-0.39, 0.29) is 5.91 Å². The first-order chi connectivity index (χ1) is 14.0. The lowest BCUT2D eigenvalue weighted by Crippen LogP contribution is -2.16. The molecule has 1 N–H and O–H groups in total. The van der Waals surface area contributed by atoms with Gasteiger partial charge in [-0.15, -0.1) is 11.3 Å². The number of carbonyl (C=O) groups is 1. The predicted molar refractivity (Wildman–Crippen MR) is 118 cm³/mol. The zero-order valence-corrected chi connectivity index (χ0v) is 17.5. The molecule has 0 aliphatic rings. The van der Waals surface area contributed by atoms with Crippen molar-refractivity contribution in [1.82, 2.24) is 9.38 Å². The zero-order valence-electron chi connectivity index (χ0n) is 16.7. The standard InChI is InChI=1S/C23H23N3O2S/c1-4-28-19-8-6-17(7-9-19)21-13-26-18(14-29-23(26)25-21)12-22(27)24-20-10-5-15(2)11-16(20)3/h5-11,13-14H,4,12H2,1-3H3,(H,24,27). The van der Waals surface area contributed by atoms with Gasteiger partial charge in [-0.05, 0) is 56.7 Å². The molecule has 0 radical (unpaired) electrons. The fourth-order valence-corrected chi connectivity index (χ4v) is 4.17. The van der Waals surface area contributed by atoms with Crippen molar-refractivity contribution in [3.63, 3.8) is 0 Å². The first kappa shape index (κ1) is 19.2. The summed E-state index contributed by atoms with van der Waals surface area (Å²) in [7, 11) is 0. The number of fused-ring (bicyclic) bond motifs is 1. The van der Waals surface area contributed by atoms with E-state index in [1.807, 2.05) is 73.1 Å². The summed E-state index contributed by atoms with van der Waals surface area (Å²) < 4.78 is 7.50. The molecule has 6 heteroatoms. The molecule has 2 heterocycles. The van der Waals surface area contributed by atoms with Crippen LogP contribution in [-0.4, -0.2) is 21.9 Å². The first-order valence-electron chi connectivity index (χ1n) is 9.59. The lowest BCUT2D eigenvalue weighted by Gasteiger charge is -2.09. The van der Waals surface area contributed by atoms with Gasteiger partial charge in [0.1, 0.15) is 5.75 Å². The lowest BCUT2D eigenvalue weighted by molar-refractivity contribution is -0.115. The average molecular weight is 406 g/mol. The minimum Gasteiger partial charge on any atom is -0.494 e. The summed E-state index contributed by atoms with van der Waals surface area (Å²) in [6, 6.07) is 13.9. The van der Waals surface area contributed by atoms with E-state index in [1.54, 1.807) is 11.3 Å². The maximum absolute atomic E-state index is 12.6. The summed E-state index contributed by atoms with van der Waals surface area (Å²) in [5.41, 5.74) is 5.94. The Hall–Kier alpha value is -3.12. The van der Waals surface area contributed by atoms with Crippen LogP contribution in [0.4, 0.5) is 5.69 Å². The molecule has 1 amide bonds. The van der Waals surface area contributed by atoms with Gasteiger partial charge in [-0.25, -0.2) is 4.98 Å². The van der Waals surface area contributed by atoms with E-state index in [9.17, 15) is 4.79 Å². The van der Waals surface area contributed by atoms with Gasteiger partial charge >= 0.3 is 0 Å². The van der Waals surface area contributed by atoms with E-state index in [2.05, 4.69) is 11.4 Å². The van der Waals surface area contributed by atoms with Gasteiger partial charge in [0.25, 0.3) is 0 Å². The van der Waals surface area contributed by atoms with Crippen LogP contribution in [0.1, 0.15) is 23.7 Å². The predicted octanol–water partition coefficient (Wildman–Crippen LogP) is 5.26. The molecular formula is C23H23N3O2S. The number of nitrogens with one attached hydrogen (secondary N) is 1. The lowest BCUT2D eigenvalue weighted by atomic mass is 10.1. The highest BCUT2D eigenvalue weighted by atomic mass is 32.1. The maximum atomic E-state index is 12.6. The number of hydrogen-bond donors (Lipinski definition) is 1. The monoisotopic (exact) mass is 405 g/mol. The minimum absolute atomic E-state index is 0.0343. The van der Waals surface area contributed by atoms with Gasteiger partial charge < -0.3 is 10.1 Å². The maximum Gasteiger partial charge on any atom is 0.230 e. The Morgan fingerprint density at radius 3 is 2.69 bits per heavy atom. The van der Waals surface area contributed by atoms with Gasteiger partial charge in [-0.1, -0.05) is 17.7 Å². The van der Waals surface area contributed by atoms with Gasteiger partial charge in [-0.2, -0.15) is 0 Å². The number of anilines is 1. The van der Waals surface area contributed by atoms with Crippen LogP contribution in [-0.2, 0) is 11.2 Å². The third-order valence-electron chi connectivity index (χ3n) is 4.74. The number of carbonyl (C=O) groups excluding carboxylic acids is 1. The highest BCUT2D eigenvalue weighted by Gasteiger charge is 2.13. The summed E-state index contributed by atoms with van der Waals surface area (Å²) in [5, 5.41) is 5.01. The SMILES string of the molecule is CCOc1ccc(-c2cn3c(CC(=O)Nc4ccc(C)cc4C)csc3n2)cc1. The topological polar surface area (TPSA) is 55.6 Å². The minimum atomic E-state index is -0.0343. The Bertz CT molecular complexity index is 1160. The van der Waals surface area contributed by atoms with Crippen LogP contribution >= 0.6 is 11.3 Å². The summed E-state index contributed by atoms with van der Waals surface area (Å²) in [5.74, 6) is 0.814. The molecule has 4 rings (SSSR count). The first-order valence-corrected chi connectivity index (χ1v) is 10.5. The molecule has 4 aromatic rings. The second kappa shape index (κ2) is 8.09. The van der Waals surface area contributed by atoms with Crippen molar-refractivity contribution in [2.24, 2.45) is 0 Å². The molecule has 0 saturated carbocycles. The number of aryl methyl sites for hydroxylation is 2. The van der Waals surface area contributed by atoms with E-state index in [1.165, 1.54) is 5.56 Å². The van der Waals surface area contributed by atoms with Gasteiger partial charge in [0.15, 0.2) is 4.96 Å². The molecule has 0 unspecified atom stereocenters. The van der Waals surface area contributed by atoms with E-state index in [4.69, 9.17) is 9.72 Å². The molecule has 0 atom stereocenters. The fraction of sp³-hybridized carbons (Fsp3) is 0.217. The van der Waals surface area contributed by atoms with Crippen LogP contribution in [0.2, 0.25) is 0 Å². The molecule has 0 saturated heterocycles. The Kier molecular flexibility index (Phi) is 5.36. The summed E-state index contributed by atoms with van der Waals surface area (Å²) in [6.45, 7) is 6.66. The molecule has 2 aromatic heterocycles. The highest BCUT2D eigenvalue weighted by Crippen LogP contribution is 2.26. The molecule has 0 aliphatic heterocycles. The van der Waals surface area contributed by atoms with Crippen molar-refractivity contribution in [3.8, 4) is 17.0 Å². The van der Waals surface area contributed by atoms with Crippen LogP contribution in [0.25, 0.3) is 16.2 Å². The Labute approximate surface area is 174 Å². The number of benzene rings is 2. The largest absolute Gasteiger partial charge is 0.494 e. The van der Waals surface area contributed by atoms with E-state index < -0.39 is 0 Å². The number of ether oxygens (including phenoxy) is 1. The fourth-order valence-electron chi connectivity index (χ4n) is 3.30. The molecule has 5 nitrogen and oxygen atoms in total. The van der Waals surface area contributed by atoms with E-state index >= 15 is 0 Å². The van der Waals surface area contributed by atoms with Crippen LogP contribution < -0.4 is 10.1 Å². The van der Waals surface area contributed by atoms with Gasteiger partial charge in [0.05, 0.1) is 18.7 Å². The molecule has 0 spiro atoms. The van der Waals surface area contributed by atoms with Crippen molar-refractivity contribution in [1.29, 1.82) is 0 Å². The van der Waals surface area contributed by atoms with E-state index in [0.29, 0.717) is 13.0 Å². The number of rotatable bonds is 6. The quantitative estimate of drug-likeness (QED) is 0.476. The average Bonchev–Trinajstić information content (AvgIpc) is 3.27. The van der Waals surface area contributed by atoms with Crippen molar-refractivity contribution in [3.05, 3.63) is 70.9 Å². The third-order valence-corrected chi connectivity index (χ3v) is 5.63. The molecule has 0 bridgehead atoms. The second-order valence-corrected chi connectivity index (χ2v) is 7.84. The number of aromatic nitrogens is 2.